The normalized spacial score (nSPS) is 14.8. The van der Waals surface area contributed by atoms with Crippen molar-refractivity contribution in [2.24, 2.45) is 0 Å². The summed E-state index contributed by atoms with van der Waals surface area (Å²) in [6, 6.07) is 14.3. The summed E-state index contributed by atoms with van der Waals surface area (Å²) in [7, 11) is -3.50. The highest BCUT2D eigenvalue weighted by molar-refractivity contribution is 7.99. The second-order valence-electron chi connectivity index (χ2n) is 8.22. The van der Waals surface area contributed by atoms with Crippen molar-refractivity contribution in [2.45, 2.75) is 43.0 Å². The lowest BCUT2D eigenvalue weighted by Gasteiger charge is -2.26. The lowest BCUT2D eigenvalue weighted by molar-refractivity contribution is -0.113. The van der Waals surface area contributed by atoms with Crippen LogP contribution in [0.5, 0.6) is 5.75 Å². The molecule has 1 N–H and O–H groups in total. The fourth-order valence-corrected chi connectivity index (χ4v) is 6.29. The Morgan fingerprint density at radius 3 is 2.53 bits per heavy atom. The van der Waals surface area contributed by atoms with Crippen molar-refractivity contribution in [1.29, 1.82) is 0 Å². The first-order valence-electron chi connectivity index (χ1n) is 11.4. The molecule has 0 saturated carbocycles. The number of piperidine rings is 1. The summed E-state index contributed by atoms with van der Waals surface area (Å²) in [6.45, 7) is 5.60. The summed E-state index contributed by atoms with van der Waals surface area (Å²) >= 11 is 1.35. The van der Waals surface area contributed by atoms with Gasteiger partial charge in [-0.3, -0.25) is 4.79 Å². The Labute approximate surface area is 205 Å². The number of ether oxygens (including phenoxy) is 1. The topological polar surface area (TPSA) is 88.6 Å². The SMILES string of the molecule is CCOc1ccc(NC(=O)CSc2cc(C)c3cc(S(=O)(=O)N4CCCCC4)ccc3n2)cc1. The first-order valence-corrected chi connectivity index (χ1v) is 13.9. The third-order valence-corrected chi connectivity index (χ3v) is 8.52. The molecule has 1 aliphatic rings. The van der Waals surface area contributed by atoms with Crippen LogP contribution in [0.15, 0.2) is 58.5 Å². The van der Waals surface area contributed by atoms with Crippen molar-refractivity contribution in [1.82, 2.24) is 9.29 Å². The van der Waals surface area contributed by atoms with E-state index in [9.17, 15) is 13.2 Å². The zero-order valence-corrected chi connectivity index (χ0v) is 21.0. The number of amides is 1. The lowest BCUT2D eigenvalue weighted by atomic mass is 10.1. The van der Waals surface area contributed by atoms with Gasteiger partial charge in [-0.25, -0.2) is 13.4 Å². The zero-order chi connectivity index (χ0) is 24.1. The third-order valence-electron chi connectivity index (χ3n) is 5.72. The maximum atomic E-state index is 13.0. The number of carbonyl (C=O) groups excluding carboxylic acids is 1. The smallest absolute Gasteiger partial charge is 0.243 e. The highest BCUT2D eigenvalue weighted by Gasteiger charge is 2.26. The standard InChI is InChI=1S/C25H29N3O4S2/c1-3-32-20-9-7-19(8-10-20)26-24(29)17-33-25-15-18(2)22-16-21(11-12-23(22)27-25)34(30,31)28-13-5-4-6-14-28/h7-12,15-16H,3-6,13-14,17H2,1-2H3,(H,26,29). The Hall–Kier alpha value is -2.62. The average Bonchev–Trinajstić information content (AvgIpc) is 2.84. The number of nitrogens with zero attached hydrogens (tertiary/aromatic N) is 2. The van der Waals surface area contributed by atoms with Crippen LogP contribution in [-0.4, -0.2) is 49.1 Å². The van der Waals surface area contributed by atoms with Crippen LogP contribution in [0.25, 0.3) is 10.9 Å². The van der Waals surface area contributed by atoms with Crippen molar-refractivity contribution in [3.63, 3.8) is 0 Å². The van der Waals surface area contributed by atoms with E-state index in [-0.39, 0.29) is 11.7 Å². The molecule has 4 rings (SSSR count). The number of hydrogen-bond acceptors (Lipinski definition) is 6. The molecule has 2 aromatic carbocycles. The molecule has 0 radical (unpaired) electrons. The van der Waals surface area contributed by atoms with E-state index in [2.05, 4.69) is 10.3 Å². The van der Waals surface area contributed by atoms with Gasteiger partial charge in [0, 0.05) is 24.2 Å². The van der Waals surface area contributed by atoms with Gasteiger partial charge in [-0.05, 0) is 80.8 Å². The Kier molecular flexibility index (Phi) is 7.75. The number of sulfonamides is 1. The van der Waals surface area contributed by atoms with Crippen molar-refractivity contribution in [3.05, 3.63) is 54.1 Å². The number of rotatable bonds is 8. The van der Waals surface area contributed by atoms with Gasteiger partial charge in [0.25, 0.3) is 0 Å². The summed E-state index contributed by atoms with van der Waals surface area (Å²) < 4.78 is 33.1. The van der Waals surface area contributed by atoms with Crippen molar-refractivity contribution in [3.8, 4) is 5.75 Å². The molecule has 34 heavy (non-hydrogen) atoms. The van der Waals surface area contributed by atoms with Crippen molar-refractivity contribution in [2.75, 3.05) is 30.8 Å². The van der Waals surface area contributed by atoms with Crippen LogP contribution in [0.2, 0.25) is 0 Å². The number of benzene rings is 2. The summed E-state index contributed by atoms with van der Waals surface area (Å²) in [4.78, 5) is 17.3. The van der Waals surface area contributed by atoms with E-state index in [1.54, 1.807) is 22.5 Å². The average molecular weight is 500 g/mol. The monoisotopic (exact) mass is 499 g/mol. The number of hydrogen-bond donors (Lipinski definition) is 1. The maximum absolute atomic E-state index is 13.0. The summed E-state index contributed by atoms with van der Waals surface area (Å²) in [5.41, 5.74) is 2.35. The van der Waals surface area contributed by atoms with Crippen LogP contribution < -0.4 is 10.1 Å². The molecular formula is C25H29N3O4S2. The molecule has 1 fully saturated rings. The largest absolute Gasteiger partial charge is 0.494 e. The molecule has 7 nitrogen and oxygen atoms in total. The van der Waals surface area contributed by atoms with E-state index in [0.29, 0.717) is 35.8 Å². The molecule has 180 valence electrons. The van der Waals surface area contributed by atoms with Crippen LogP contribution in [-0.2, 0) is 14.8 Å². The van der Waals surface area contributed by atoms with E-state index in [4.69, 9.17) is 4.74 Å². The van der Waals surface area contributed by atoms with Gasteiger partial charge in [0.1, 0.15) is 5.75 Å². The Morgan fingerprint density at radius 2 is 1.82 bits per heavy atom. The van der Waals surface area contributed by atoms with Crippen molar-refractivity contribution < 1.29 is 17.9 Å². The number of aromatic nitrogens is 1. The molecule has 9 heteroatoms. The number of aryl methyl sites for hydroxylation is 1. The van der Waals surface area contributed by atoms with E-state index in [0.717, 1.165) is 41.0 Å². The first-order chi connectivity index (χ1) is 16.4. The fraction of sp³-hybridized carbons (Fsp3) is 0.360. The summed E-state index contributed by atoms with van der Waals surface area (Å²) in [5, 5.41) is 4.40. The summed E-state index contributed by atoms with van der Waals surface area (Å²) in [6.07, 6.45) is 2.88. The van der Waals surface area contributed by atoms with Gasteiger partial charge in [0.2, 0.25) is 15.9 Å². The molecular weight excluding hydrogens is 470 g/mol. The molecule has 1 aliphatic heterocycles. The van der Waals surface area contributed by atoms with Crippen LogP contribution >= 0.6 is 11.8 Å². The van der Waals surface area contributed by atoms with Crippen LogP contribution in [0.3, 0.4) is 0 Å². The van der Waals surface area contributed by atoms with Gasteiger partial charge >= 0.3 is 0 Å². The highest BCUT2D eigenvalue weighted by Crippen LogP contribution is 2.28. The molecule has 0 aliphatic carbocycles. The minimum absolute atomic E-state index is 0.128. The Bertz CT molecular complexity index is 1270. The Morgan fingerprint density at radius 1 is 1.09 bits per heavy atom. The van der Waals surface area contributed by atoms with E-state index >= 15 is 0 Å². The van der Waals surface area contributed by atoms with Gasteiger partial charge in [-0.1, -0.05) is 18.2 Å². The maximum Gasteiger partial charge on any atom is 0.243 e. The second-order valence-corrected chi connectivity index (χ2v) is 11.1. The molecule has 3 aromatic rings. The lowest BCUT2D eigenvalue weighted by Crippen LogP contribution is -2.35. The van der Waals surface area contributed by atoms with E-state index < -0.39 is 10.0 Å². The minimum atomic E-state index is -3.50. The number of thioether (sulfide) groups is 1. The molecule has 2 heterocycles. The third kappa shape index (κ3) is 5.71. The zero-order valence-electron chi connectivity index (χ0n) is 19.4. The molecule has 1 aromatic heterocycles. The van der Waals surface area contributed by atoms with E-state index in [1.807, 2.05) is 44.2 Å². The molecule has 0 atom stereocenters. The number of nitrogens with one attached hydrogen (secondary N) is 1. The van der Waals surface area contributed by atoms with Gasteiger partial charge in [0.15, 0.2) is 0 Å². The van der Waals surface area contributed by atoms with Gasteiger partial charge in [-0.2, -0.15) is 4.31 Å². The second kappa shape index (κ2) is 10.8. The minimum Gasteiger partial charge on any atom is -0.494 e. The molecule has 1 saturated heterocycles. The highest BCUT2D eigenvalue weighted by atomic mass is 32.2. The molecule has 0 unspecified atom stereocenters. The number of fused-ring (bicyclic) bond motifs is 1. The number of carbonyl (C=O) groups is 1. The van der Waals surface area contributed by atoms with Crippen LogP contribution in [0, 0.1) is 6.92 Å². The number of pyridine rings is 1. The molecule has 0 bridgehead atoms. The van der Waals surface area contributed by atoms with E-state index in [1.165, 1.54) is 11.8 Å². The Balaban J connectivity index is 1.43. The van der Waals surface area contributed by atoms with Gasteiger partial charge < -0.3 is 10.1 Å². The fourth-order valence-electron chi connectivity index (χ4n) is 3.97. The summed E-state index contributed by atoms with van der Waals surface area (Å²) in [5.74, 6) is 0.848. The predicted octanol–water partition coefficient (Wildman–Crippen LogP) is 4.85. The quantitative estimate of drug-likeness (QED) is 0.446. The van der Waals surface area contributed by atoms with Gasteiger partial charge in [0.05, 0.1) is 27.8 Å². The van der Waals surface area contributed by atoms with Crippen molar-refractivity contribution >= 4 is 44.3 Å². The molecule has 0 spiro atoms. The van der Waals surface area contributed by atoms with Crippen LogP contribution in [0.4, 0.5) is 5.69 Å². The first kappa shape index (κ1) is 24.5. The number of anilines is 1. The van der Waals surface area contributed by atoms with Gasteiger partial charge in [-0.15, -0.1) is 0 Å². The predicted molar refractivity (Wildman–Crippen MR) is 136 cm³/mol. The molecule has 1 amide bonds. The van der Waals surface area contributed by atoms with Crippen LogP contribution in [0.1, 0.15) is 31.7 Å².